The molecule has 2 aliphatic heterocycles. The van der Waals surface area contributed by atoms with Gasteiger partial charge in [-0.05, 0) is 31.4 Å². The molecule has 0 N–H and O–H groups in total. The zero-order valence-corrected chi connectivity index (χ0v) is 14.2. The third-order valence-electron chi connectivity index (χ3n) is 4.57. The minimum Gasteiger partial charge on any atom is -0.338 e. The van der Waals surface area contributed by atoms with E-state index in [1.165, 1.54) is 4.31 Å². The molecule has 0 aromatic carbocycles. The SMILES string of the molecule is O=C1CCCN1C1CCCN(S(=O)(=O)c2ccc(C(F)(F)F)nc2)C1. The summed E-state index contributed by atoms with van der Waals surface area (Å²) in [5.41, 5.74) is -1.13. The van der Waals surface area contributed by atoms with Crippen molar-refractivity contribution >= 4 is 15.9 Å². The number of aromatic nitrogens is 1. The predicted octanol–water partition coefficient (Wildman–Crippen LogP) is 1.88. The van der Waals surface area contributed by atoms with E-state index in [9.17, 15) is 26.4 Å². The maximum atomic E-state index is 12.7. The number of likely N-dealkylation sites (tertiary alicyclic amines) is 1. The number of amides is 1. The quantitative estimate of drug-likeness (QED) is 0.806. The van der Waals surface area contributed by atoms with Crippen LogP contribution in [0.3, 0.4) is 0 Å². The molecule has 138 valence electrons. The van der Waals surface area contributed by atoms with E-state index in [-0.39, 0.29) is 29.9 Å². The Balaban J connectivity index is 1.78. The third-order valence-corrected chi connectivity index (χ3v) is 6.42. The molecule has 0 radical (unpaired) electrons. The van der Waals surface area contributed by atoms with Crippen LogP contribution in [0.4, 0.5) is 13.2 Å². The summed E-state index contributed by atoms with van der Waals surface area (Å²) < 4.78 is 64.3. The highest BCUT2D eigenvalue weighted by molar-refractivity contribution is 7.89. The number of piperidine rings is 1. The van der Waals surface area contributed by atoms with Gasteiger partial charge >= 0.3 is 6.18 Å². The molecule has 1 amide bonds. The lowest BCUT2D eigenvalue weighted by atomic mass is 10.1. The van der Waals surface area contributed by atoms with Crippen molar-refractivity contribution in [3.8, 4) is 0 Å². The molecule has 2 aliphatic rings. The number of nitrogens with zero attached hydrogens (tertiary/aromatic N) is 3. The van der Waals surface area contributed by atoms with Gasteiger partial charge in [-0.15, -0.1) is 0 Å². The van der Waals surface area contributed by atoms with Gasteiger partial charge in [0.1, 0.15) is 10.6 Å². The molecule has 1 atom stereocenters. The number of halogens is 3. The van der Waals surface area contributed by atoms with Crippen LogP contribution >= 0.6 is 0 Å². The summed E-state index contributed by atoms with van der Waals surface area (Å²) in [6.45, 7) is 1.07. The lowest BCUT2D eigenvalue weighted by Crippen LogP contribution is -2.50. The monoisotopic (exact) mass is 377 g/mol. The molecular weight excluding hydrogens is 359 g/mol. The van der Waals surface area contributed by atoms with E-state index in [0.717, 1.165) is 25.1 Å². The van der Waals surface area contributed by atoms with E-state index in [1.54, 1.807) is 4.90 Å². The molecule has 1 unspecified atom stereocenters. The zero-order chi connectivity index (χ0) is 18.2. The van der Waals surface area contributed by atoms with Gasteiger partial charge in [0.05, 0.1) is 0 Å². The van der Waals surface area contributed by atoms with Gasteiger partial charge in [-0.1, -0.05) is 0 Å². The normalized spacial score (nSPS) is 23.2. The van der Waals surface area contributed by atoms with E-state index in [2.05, 4.69) is 4.98 Å². The van der Waals surface area contributed by atoms with Crippen molar-refractivity contribution in [1.29, 1.82) is 0 Å². The summed E-state index contributed by atoms with van der Waals surface area (Å²) in [5, 5.41) is 0. The van der Waals surface area contributed by atoms with Gasteiger partial charge in [0.15, 0.2) is 0 Å². The minimum atomic E-state index is -4.62. The van der Waals surface area contributed by atoms with Crippen LogP contribution in [0, 0.1) is 0 Å². The van der Waals surface area contributed by atoms with Crippen molar-refractivity contribution in [2.45, 2.75) is 42.8 Å². The lowest BCUT2D eigenvalue weighted by molar-refractivity contribution is -0.141. The summed E-state index contributed by atoms with van der Waals surface area (Å²) in [6, 6.07) is 1.41. The predicted molar refractivity (Wildman–Crippen MR) is 82.0 cm³/mol. The van der Waals surface area contributed by atoms with Crippen LogP contribution in [0.1, 0.15) is 31.4 Å². The summed E-state index contributed by atoms with van der Waals surface area (Å²) in [4.78, 5) is 16.5. The topological polar surface area (TPSA) is 70.6 Å². The molecule has 0 aliphatic carbocycles. The average Bonchev–Trinajstić information content (AvgIpc) is 3.00. The number of pyridine rings is 1. The van der Waals surface area contributed by atoms with Crippen molar-refractivity contribution in [3.63, 3.8) is 0 Å². The van der Waals surface area contributed by atoms with Gasteiger partial charge in [0.25, 0.3) is 0 Å². The van der Waals surface area contributed by atoms with E-state index in [4.69, 9.17) is 0 Å². The molecule has 3 heterocycles. The number of hydrogen-bond donors (Lipinski definition) is 0. The second-order valence-electron chi connectivity index (χ2n) is 6.23. The zero-order valence-electron chi connectivity index (χ0n) is 13.4. The molecule has 0 spiro atoms. The number of sulfonamides is 1. The summed E-state index contributed by atoms with van der Waals surface area (Å²) in [5.74, 6) is 0.0282. The van der Waals surface area contributed by atoms with Gasteiger partial charge < -0.3 is 4.90 Å². The summed E-state index contributed by atoms with van der Waals surface area (Å²) in [6.07, 6.45) is -1.31. The number of alkyl halides is 3. The fourth-order valence-corrected chi connectivity index (χ4v) is 4.76. The first-order valence-corrected chi connectivity index (χ1v) is 9.46. The first-order chi connectivity index (χ1) is 11.7. The van der Waals surface area contributed by atoms with Gasteiger partial charge in [-0.25, -0.2) is 8.42 Å². The second-order valence-corrected chi connectivity index (χ2v) is 8.16. The molecule has 25 heavy (non-hydrogen) atoms. The first-order valence-electron chi connectivity index (χ1n) is 8.02. The lowest BCUT2D eigenvalue weighted by Gasteiger charge is -2.36. The molecule has 0 saturated carbocycles. The van der Waals surface area contributed by atoms with E-state index < -0.39 is 21.9 Å². The Morgan fingerprint density at radius 3 is 2.48 bits per heavy atom. The van der Waals surface area contributed by atoms with Crippen LogP contribution in [0.2, 0.25) is 0 Å². The maximum absolute atomic E-state index is 12.7. The van der Waals surface area contributed by atoms with Crippen molar-refractivity contribution in [3.05, 3.63) is 24.0 Å². The highest BCUT2D eigenvalue weighted by atomic mass is 32.2. The molecule has 3 rings (SSSR count). The Morgan fingerprint density at radius 2 is 1.92 bits per heavy atom. The van der Waals surface area contributed by atoms with Crippen LogP contribution < -0.4 is 0 Å². The van der Waals surface area contributed by atoms with E-state index >= 15 is 0 Å². The van der Waals surface area contributed by atoms with Gasteiger partial charge in [-0.2, -0.15) is 17.5 Å². The van der Waals surface area contributed by atoms with Gasteiger partial charge in [0.2, 0.25) is 15.9 Å². The Labute approximate surface area is 143 Å². The molecular formula is C15H18F3N3O3S. The molecule has 2 fully saturated rings. The van der Waals surface area contributed by atoms with Crippen LogP contribution in [-0.4, -0.2) is 54.2 Å². The van der Waals surface area contributed by atoms with Crippen LogP contribution in [-0.2, 0) is 21.0 Å². The first kappa shape index (κ1) is 18.1. The van der Waals surface area contributed by atoms with E-state index in [0.29, 0.717) is 25.5 Å². The molecule has 6 nitrogen and oxygen atoms in total. The molecule has 2 saturated heterocycles. The highest BCUT2D eigenvalue weighted by Crippen LogP contribution is 2.29. The fourth-order valence-electron chi connectivity index (χ4n) is 3.30. The number of rotatable bonds is 3. The minimum absolute atomic E-state index is 0.0282. The maximum Gasteiger partial charge on any atom is 0.433 e. The van der Waals surface area contributed by atoms with Crippen LogP contribution in [0.25, 0.3) is 0 Å². The van der Waals surface area contributed by atoms with E-state index in [1.807, 2.05) is 0 Å². The van der Waals surface area contributed by atoms with Crippen molar-refractivity contribution in [1.82, 2.24) is 14.2 Å². The average molecular weight is 377 g/mol. The Hall–Kier alpha value is -1.68. The van der Waals surface area contributed by atoms with Gasteiger partial charge in [-0.3, -0.25) is 9.78 Å². The second kappa shape index (κ2) is 6.56. The van der Waals surface area contributed by atoms with Crippen molar-refractivity contribution in [2.24, 2.45) is 0 Å². The summed E-state index contributed by atoms with van der Waals surface area (Å²) in [7, 11) is -3.94. The number of hydrogen-bond acceptors (Lipinski definition) is 4. The third kappa shape index (κ3) is 3.64. The molecule has 1 aromatic heterocycles. The number of carbonyl (C=O) groups is 1. The fraction of sp³-hybridized carbons (Fsp3) is 0.600. The number of carbonyl (C=O) groups excluding carboxylic acids is 1. The molecule has 0 bridgehead atoms. The Bertz CT molecular complexity index is 750. The Kier molecular flexibility index (Phi) is 4.76. The largest absolute Gasteiger partial charge is 0.433 e. The molecule has 10 heteroatoms. The standard InChI is InChI=1S/C15H18F3N3O3S/c16-15(17,18)13-6-5-12(9-19-13)25(23,24)20-7-1-3-11(10-20)21-8-2-4-14(21)22/h5-6,9,11H,1-4,7-8,10H2. The van der Waals surface area contributed by atoms with Crippen LogP contribution in [0.5, 0.6) is 0 Å². The van der Waals surface area contributed by atoms with Crippen LogP contribution in [0.15, 0.2) is 23.2 Å². The Morgan fingerprint density at radius 1 is 1.16 bits per heavy atom. The van der Waals surface area contributed by atoms with Gasteiger partial charge in [0, 0.05) is 38.3 Å². The van der Waals surface area contributed by atoms with Crippen molar-refractivity contribution < 1.29 is 26.4 Å². The highest BCUT2D eigenvalue weighted by Gasteiger charge is 2.37. The molecule has 1 aromatic rings. The summed E-state index contributed by atoms with van der Waals surface area (Å²) >= 11 is 0. The van der Waals surface area contributed by atoms with Crippen molar-refractivity contribution in [2.75, 3.05) is 19.6 Å². The smallest absolute Gasteiger partial charge is 0.338 e.